The molecular weight excluding hydrogens is 288 g/mol. The number of nitrogens with zero attached hydrogens (tertiary/aromatic N) is 2. The van der Waals surface area contributed by atoms with Crippen LogP contribution in [-0.2, 0) is 11.2 Å². The fourth-order valence-corrected chi connectivity index (χ4v) is 3.27. The summed E-state index contributed by atoms with van der Waals surface area (Å²) in [4.78, 5) is 22.4. The summed E-state index contributed by atoms with van der Waals surface area (Å²) in [5, 5.41) is 0. The van der Waals surface area contributed by atoms with Gasteiger partial charge in [0.2, 0.25) is 5.91 Å². The molecule has 1 aromatic heterocycles. The fraction of sp³-hybridized carbons (Fsp3) is 0.556. The molecule has 1 aromatic carbocycles. The summed E-state index contributed by atoms with van der Waals surface area (Å²) in [5.74, 6) is 1.08. The Morgan fingerprint density at radius 3 is 3.04 bits per heavy atom. The quantitative estimate of drug-likeness (QED) is 0.914. The molecule has 1 saturated heterocycles. The first-order chi connectivity index (χ1) is 11.0. The van der Waals surface area contributed by atoms with Gasteiger partial charge in [-0.05, 0) is 43.9 Å². The molecule has 3 rings (SSSR count). The van der Waals surface area contributed by atoms with Gasteiger partial charge in [0.05, 0.1) is 11.0 Å². The van der Waals surface area contributed by atoms with Crippen LogP contribution in [0.15, 0.2) is 12.1 Å². The highest BCUT2D eigenvalue weighted by molar-refractivity contribution is 5.80. The number of aromatic nitrogens is 2. The van der Waals surface area contributed by atoms with Crippen LogP contribution in [0.3, 0.4) is 0 Å². The van der Waals surface area contributed by atoms with E-state index in [9.17, 15) is 4.79 Å². The van der Waals surface area contributed by atoms with Gasteiger partial charge in [0.1, 0.15) is 5.82 Å². The second-order valence-corrected chi connectivity index (χ2v) is 6.68. The zero-order chi connectivity index (χ0) is 16.4. The normalized spacial score (nSPS) is 19.1. The lowest BCUT2D eigenvalue weighted by Gasteiger charge is -2.22. The van der Waals surface area contributed by atoms with Crippen LogP contribution < -0.4 is 5.73 Å². The lowest BCUT2D eigenvalue weighted by atomic mass is 10.1. The van der Waals surface area contributed by atoms with E-state index in [2.05, 4.69) is 35.9 Å². The average Bonchev–Trinajstić information content (AvgIpc) is 2.83. The summed E-state index contributed by atoms with van der Waals surface area (Å²) in [6.07, 6.45) is 4.34. The topological polar surface area (TPSA) is 75.0 Å². The maximum Gasteiger partial charge on any atom is 0.223 e. The number of aryl methyl sites for hydroxylation is 3. The molecule has 2 heterocycles. The number of amides is 1. The van der Waals surface area contributed by atoms with Gasteiger partial charge in [0.15, 0.2) is 0 Å². The Morgan fingerprint density at radius 2 is 2.22 bits per heavy atom. The highest BCUT2D eigenvalue weighted by atomic mass is 16.2. The van der Waals surface area contributed by atoms with Gasteiger partial charge in [-0.25, -0.2) is 4.98 Å². The number of H-pyrrole nitrogens is 1. The Morgan fingerprint density at radius 1 is 1.39 bits per heavy atom. The Labute approximate surface area is 137 Å². The van der Waals surface area contributed by atoms with E-state index >= 15 is 0 Å². The molecule has 1 aliphatic rings. The first-order valence-corrected chi connectivity index (χ1v) is 8.53. The third-order valence-corrected chi connectivity index (χ3v) is 4.86. The molecule has 1 fully saturated rings. The molecule has 5 nitrogen and oxygen atoms in total. The van der Waals surface area contributed by atoms with Gasteiger partial charge in [-0.1, -0.05) is 12.5 Å². The number of fused-ring (bicyclic) bond motifs is 1. The number of carbonyl (C=O) groups is 1. The van der Waals surface area contributed by atoms with Crippen molar-refractivity contribution in [3.63, 3.8) is 0 Å². The summed E-state index contributed by atoms with van der Waals surface area (Å²) >= 11 is 0. The Balaban J connectivity index is 1.66. The minimum atomic E-state index is 0.123. The van der Waals surface area contributed by atoms with Crippen LogP contribution in [0.25, 0.3) is 11.0 Å². The zero-order valence-corrected chi connectivity index (χ0v) is 14.1. The molecule has 124 valence electrons. The predicted octanol–water partition coefficient (Wildman–Crippen LogP) is 2.45. The van der Waals surface area contributed by atoms with E-state index in [-0.39, 0.29) is 11.9 Å². The number of hydrogen-bond acceptors (Lipinski definition) is 3. The lowest BCUT2D eigenvalue weighted by Crippen LogP contribution is -2.39. The van der Waals surface area contributed by atoms with Crippen molar-refractivity contribution in [1.29, 1.82) is 0 Å². The van der Waals surface area contributed by atoms with E-state index in [1.165, 1.54) is 11.1 Å². The van der Waals surface area contributed by atoms with Crippen LogP contribution in [0.2, 0.25) is 0 Å². The van der Waals surface area contributed by atoms with Gasteiger partial charge < -0.3 is 15.6 Å². The van der Waals surface area contributed by atoms with Gasteiger partial charge in [0, 0.05) is 32.0 Å². The second kappa shape index (κ2) is 6.71. The van der Waals surface area contributed by atoms with E-state index in [0.717, 1.165) is 42.7 Å². The molecule has 5 heteroatoms. The number of aromatic amines is 1. The molecular formula is C18H26N4O. The first kappa shape index (κ1) is 16.0. The predicted molar refractivity (Wildman–Crippen MR) is 92.3 cm³/mol. The summed E-state index contributed by atoms with van der Waals surface area (Å²) in [6, 6.07) is 4.28. The maximum absolute atomic E-state index is 12.4. The number of nitrogens with one attached hydrogen (secondary N) is 1. The maximum atomic E-state index is 12.4. The van der Waals surface area contributed by atoms with Crippen molar-refractivity contribution in [2.24, 2.45) is 5.73 Å². The molecule has 2 aromatic rings. The number of nitrogens with two attached hydrogens (primary N) is 1. The number of hydrogen-bond donors (Lipinski definition) is 2. The Kier molecular flexibility index (Phi) is 4.66. The molecule has 0 unspecified atom stereocenters. The van der Waals surface area contributed by atoms with Crippen LogP contribution >= 0.6 is 0 Å². The molecule has 0 radical (unpaired) electrons. The second-order valence-electron chi connectivity index (χ2n) is 6.68. The van der Waals surface area contributed by atoms with E-state index in [1.54, 1.807) is 0 Å². The minimum Gasteiger partial charge on any atom is -0.342 e. The number of rotatable bonds is 3. The van der Waals surface area contributed by atoms with Gasteiger partial charge in [-0.15, -0.1) is 0 Å². The van der Waals surface area contributed by atoms with Crippen molar-refractivity contribution >= 4 is 16.9 Å². The van der Waals surface area contributed by atoms with Crippen molar-refractivity contribution < 1.29 is 4.79 Å². The molecule has 0 saturated carbocycles. The third kappa shape index (κ3) is 3.55. The molecule has 1 amide bonds. The number of carbonyl (C=O) groups excluding carboxylic acids is 1. The molecule has 1 aliphatic heterocycles. The van der Waals surface area contributed by atoms with Crippen LogP contribution in [-0.4, -0.2) is 39.9 Å². The highest BCUT2D eigenvalue weighted by Crippen LogP contribution is 2.20. The highest BCUT2D eigenvalue weighted by Gasteiger charge is 2.20. The van der Waals surface area contributed by atoms with Crippen molar-refractivity contribution in [3.05, 3.63) is 29.1 Å². The first-order valence-electron chi connectivity index (χ1n) is 8.53. The lowest BCUT2D eigenvalue weighted by molar-refractivity contribution is -0.131. The zero-order valence-electron chi connectivity index (χ0n) is 14.1. The molecule has 1 atom stereocenters. The Hall–Kier alpha value is -1.88. The average molecular weight is 314 g/mol. The fourth-order valence-electron chi connectivity index (χ4n) is 3.27. The van der Waals surface area contributed by atoms with Crippen LogP contribution in [0.1, 0.15) is 42.6 Å². The standard InChI is InChI=1S/C18H26N4O/c1-12-6-7-15-18(13(12)2)21-16(20-15)8-9-17(23)22-10-4-3-5-14(19)11-22/h6-7,14H,3-5,8-11,19H2,1-2H3,(H,20,21)/t14-/m1/s1. The van der Waals surface area contributed by atoms with Gasteiger partial charge >= 0.3 is 0 Å². The number of likely N-dealkylation sites (tertiary alicyclic amines) is 1. The molecule has 3 N–H and O–H groups in total. The van der Waals surface area contributed by atoms with E-state index in [0.29, 0.717) is 19.4 Å². The van der Waals surface area contributed by atoms with E-state index in [1.807, 2.05) is 4.90 Å². The van der Waals surface area contributed by atoms with Crippen molar-refractivity contribution in [1.82, 2.24) is 14.9 Å². The molecule has 23 heavy (non-hydrogen) atoms. The van der Waals surface area contributed by atoms with Crippen molar-refractivity contribution in [2.75, 3.05) is 13.1 Å². The van der Waals surface area contributed by atoms with E-state index in [4.69, 9.17) is 5.73 Å². The summed E-state index contributed by atoms with van der Waals surface area (Å²) in [7, 11) is 0. The minimum absolute atomic E-state index is 0.123. The van der Waals surface area contributed by atoms with Crippen molar-refractivity contribution in [2.45, 2.75) is 52.0 Å². The number of benzene rings is 1. The van der Waals surface area contributed by atoms with Crippen LogP contribution in [0, 0.1) is 13.8 Å². The van der Waals surface area contributed by atoms with Crippen LogP contribution in [0.5, 0.6) is 0 Å². The SMILES string of the molecule is Cc1ccc2[nH]c(CCC(=O)N3CCCC[C@@H](N)C3)nc2c1C. The summed E-state index contributed by atoms with van der Waals surface area (Å²) in [5.41, 5.74) is 10.6. The Bertz CT molecular complexity index is 706. The molecule has 0 bridgehead atoms. The molecule has 0 aliphatic carbocycles. The van der Waals surface area contributed by atoms with Gasteiger partial charge in [-0.3, -0.25) is 4.79 Å². The van der Waals surface area contributed by atoms with Gasteiger partial charge in [-0.2, -0.15) is 0 Å². The number of imidazole rings is 1. The van der Waals surface area contributed by atoms with Crippen LogP contribution in [0.4, 0.5) is 0 Å². The smallest absolute Gasteiger partial charge is 0.223 e. The van der Waals surface area contributed by atoms with E-state index < -0.39 is 0 Å². The largest absolute Gasteiger partial charge is 0.342 e. The third-order valence-electron chi connectivity index (χ3n) is 4.86. The monoisotopic (exact) mass is 314 g/mol. The summed E-state index contributed by atoms with van der Waals surface area (Å²) in [6.45, 7) is 5.71. The molecule has 0 spiro atoms. The van der Waals surface area contributed by atoms with Gasteiger partial charge in [0.25, 0.3) is 0 Å². The summed E-state index contributed by atoms with van der Waals surface area (Å²) < 4.78 is 0. The van der Waals surface area contributed by atoms with Crippen molar-refractivity contribution in [3.8, 4) is 0 Å².